The van der Waals surface area contributed by atoms with Gasteiger partial charge in [0.25, 0.3) is 0 Å². The number of amides is 1. The minimum absolute atomic E-state index is 0.119. The van der Waals surface area contributed by atoms with Crippen LogP contribution in [0.5, 0.6) is 11.5 Å². The molecule has 0 saturated heterocycles. The lowest BCUT2D eigenvalue weighted by Gasteiger charge is -2.20. The zero-order valence-electron chi connectivity index (χ0n) is 16.1. The molecule has 0 spiro atoms. The summed E-state index contributed by atoms with van der Waals surface area (Å²) in [5.74, 6) is 0.840. The normalized spacial score (nSPS) is 14.1. The van der Waals surface area contributed by atoms with Crippen molar-refractivity contribution in [3.63, 3.8) is 0 Å². The first-order valence-corrected chi connectivity index (χ1v) is 10.5. The van der Waals surface area contributed by atoms with Crippen molar-refractivity contribution in [2.75, 3.05) is 12.1 Å². The molecule has 2 aromatic carbocycles. The van der Waals surface area contributed by atoms with Crippen molar-refractivity contribution >= 4 is 21.6 Å². The summed E-state index contributed by atoms with van der Waals surface area (Å²) in [6, 6.07) is 10.6. The van der Waals surface area contributed by atoms with Gasteiger partial charge in [0.05, 0.1) is 4.90 Å². The van der Waals surface area contributed by atoms with Crippen molar-refractivity contribution in [3.8, 4) is 11.5 Å². The number of rotatable bonds is 7. The van der Waals surface area contributed by atoms with Gasteiger partial charge in [-0.2, -0.15) is 4.72 Å². The Balaban J connectivity index is 1.77. The van der Waals surface area contributed by atoms with Gasteiger partial charge in [-0.05, 0) is 43.5 Å². The molecule has 0 saturated carbocycles. The van der Waals surface area contributed by atoms with Crippen LogP contribution < -0.4 is 19.5 Å². The highest BCUT2D eigenvalue weighted by atomic mass is 32.2. The number of hydrogen-bond acceptors (Lipinski definition) is 5. The SMILES string of the molecule is Cc1ccc(S(=O)(=O)N[C@@H](CC(C)C)C(=O)Nc2ccc3c(c2)OCO3)cc1. The highest BCUT2D eigenvalue weighted by molar-refractivity contribution is 7.89. The van der Waals surface area contributed by atoms with Gasteiger partial charge in [0.2, 0.25) is 22.7 Å². The van der Waals surface area contributed by atoms with E-state index in [1.807, 2.05) is 20.8 Å². The van der Waals surface area contributed by atoms with Crippen molar-refractivity contribution in [1.82, 2.24) is 4.72 Å². The Morgan fingerprint density at radius 2 is 1.75 bits per heavy atom. The molecule has 0 aliphatic carbocycles. The van der Waals surface area contributed by atoms with Crippen LogP contribution in [0.2, 0.25) is 0 Å². The molecule has 1 heterocycles. The predicted octanol–water partition coefficient (Wildman–Crippen LogP) is 3.06. The van der Waals surface area contributed by atoms with E-state index in [4.69, 9.17) is 9.47 Å². The summed E-state index contributed by atoms with van der Waals surface area (Å²) < 4.78 is 38.5. The smallest absolute Gasteiger partial charge is 0.242 e. The molecular weight excluding hydrogens is 380 g/mol. The molecule has 3 rings (SSSR count). The second-order valence-electron chi connectivity index (χ2n) is 7.17. The van der Waals surface area contributed by atoms with Crippen LogP contribution in [-0.2, 0) is 14.8 Å². The monoisotopic (exact) mass is 404 g/mol. The molecule has 1 atom stereocenters. The lowest BCUT2D eigenvalue weighted by molar-refractivity contribution is -0.118. The molecule has 7 nitrogen and oxygen atoms in total. The zero-order valence-corrected chi connectivity index (χ0v) is 16.9. The second-order valence-corrected chi connectivity index (χ2v) is 8.89. The molecule has 0 unspecified atom stereocenters. The molecule has 1 aliphatic heterocycles. The Labute approximate surface area is 165 Å². The number of hydrogen-bond donors (Lipinski definition) is 2. The van der Waals surface area contributed by atoms with E-state index >= 15 is 0 Å². The lowest BCUT2D eigenvalue weighted by atomic mass is 10.0. The second kappa shape index (κ2) is 8.20. The number of benzene rings is 2. The molecule has 28 heavy (non-hydrogen) atoms. The van der Waals surface area contributed by atoms with Crippen molar-refractivity contribution in [2.45, 2.75) is 38.1 Å². The predicted molar refractivity (Wildman–Crippen MR) is 106 cm³/mol. The molecular formula is C20H24N2O5S. The highest BCUT2D eigenvalue weighted by Gasteiger charge is 2.27. The third-order valence-corrected chi connectivity index (χ3v) is 5.78. The topological polar surface area (TPSA) is 93.7 Å². The summed E-state index contributed by atoms with van der Waals surface area (Å²) in [5.41, 5.74) is 1.47. The van der Waals surface area contributed by atoms with E-state index in [-0.39, 0.29) is 17.6 Å². The van der Waals surface area contributed by atoms with Crippen LogP contribution in [0.3, 0.4) is 0 Å². The quantitative estimate of drug-likeness (QED) is 0.740. The van der Waals surface area contributed by atoms with Gasteiger partial charge in [-0.15, -0.1) is 0 Å². The van der Waals surface area contributed by atoms with Gasteiger partial charge in [0.1, 0.15) is 6.04 Å². The van der Waals surface area contributed by atoms with Gasteiger partial charge in [0, 0.05) is 11.8 Å². The van der Waals surface area contributed by atoms with Gasteiger partial charge < -0.3 is 14.8 Å². The van der Waals surface area contributed by atoms with Gasteiger partial charge >= 0.3 is 0 Å². The molecule has 0 radical (unpaired) electrons. The molecule has 1 aliphatic rings. The van der Waals surface area contributed by atoms with E-state index in [9.17, 15) is 13.2 Å². The molecule has 0 aromatic heterocycles. The number of sulfonamides is 1. The van der Waals surface area contributed by atoms with E-state index in [2.05, 4.69) is 10.0 Å². The fraction of sp³-hybridized carbons (Fsp3) is 0.350. The van der Waals surface area contributed by atoms with Crippen LogP contribution in [0.15, 0.2) is 47.4 Å². The molecule has 0 fully saturated rings. The Bertz CT molecular complexity index is 955. The lowest BCUT2D eigenvalue weighted by Crippen LogP contribution is -2.44. The molecule has 1 amide bonds. The minimum atomic E-state index is -3.82. The largest absolute Gasteiger partial charge is 0.454 e. The summed E-state index contributed by atoms with van der Waals surface area (Å²) in [5, 5.41) is 2.76. The molecule has 0 bridgehead atoms. The maximum absolute atomic E-state index is 12.8. The van der Waals surface area contributed by atoms with Crippen molar-refractivity contribution in [3.05, 3.63) is 48.0 Å². The van der Waals surface area contributed by atoms with Gasteiger partial charge in [-0.1, -0.05) is 31.5 Å². The van der Waals surface area contributed by atoms with Crippen LogP contribution >= 0.6 is 0 Å². The van der Waals surface area contributed by atoms with Gasteiger partial charge in [-0.25, -0.2) is 8.42 Å². The number of ether oxygens (including phenoxy) is 2. The minimum Gasteiger partial charge on any atom is -0.454 e. The van der Waals surface area contributed by atoms with E-state index < -0.39 is 22.0 Å². The van der Waals surface area contributed by atoms with Crippen molar-refractivity contribution in [1.29, 1.82) is 0 Å². The van der Waals surface area contributed by atoms with Gasteiger partial charge in [-0.3, -0.25) is 4.79 Å². The summed E-state index contributed by atoms with van der Waals surface area (Å²) >= 11 is 0. The number of carbonyl (C=O) groups excluding carboxylic acids is 1. The number of fused-ring (bicyclic) bond motifs is 1. The summed E-state index contributed by atoms with van der Waals surface area (Å²) in [7, 11) is -3.82. The average Bonchev–Trinajstić information content (AvgIpc) is 3.08. The van der Waals surface area contributed by atoms with E-state index in [1.165, 1.54) is 12.1 Å². The van der Waals surface area contributed by atoms with Crippen molar-refractivity contribution < 1.29 is 22.7 Å². The van der Waals surface area contributed by atoms with E-state index in [0.29, 0.717) is 23.6 Å². The third kappa shape index (κ3) is 4.82. The first-order chi connectivity index (χ1) is 13.2. The highest BCUT2D eigenvalue weighted by Crippen LogP contribution is 2.34. The van der Waals surface area contributed by atoms with Crippen LogP contribution in [0, 0.1) is 12.8 Å². The molecule has 8 heteroatoms. The average molecular weight is 404 g/mol. The van der Waals surface area contributed by atoms with E-state index in [1.54, 1.807) is 30.3 Å². The maximum Gasteiger partial charge on any atom is 0.242 e. The van der Waals surface area contributed by atoms with Crippen LogP contribution in [0.1, 0.15) is 25.8 Å². The standard InChI is InChI=1S/C20H24N2O5S/c1-13(2)10-17(22-28(24,25)16-7-4-14(3)5-8-16)20(23)21-15-6-9-18-19(11-15)27-12-26-18/h4-9,11,13,17,22H,10,12H2,1-3H3,(H,21,23)/t17-/m0/s1. The first kappa shape index (κ1) is 20.2. The van der Waals surface area contributed by atoms with Gasteiger partial charge in [0.15, 0.2) is 11.5 Å². The molecule has 2 N–H and O–H groups in total. The number of carbonyl (C=O) groups is 1. The Hall–Kier alpha value is -2.58. The third-order valence-electron chi connectivity index (χ3n) is 4.29. The Morgan fingerprint density at radius 1 is 1.07 bits per heavy atom. The summed E-state index contributed by atoms with van der Waals surface area (Å²) in [6.45, 7) is 5.88. The number of aryl methyl sites for hydroxylation is 1. The maximum atomic E-state index is 12.8. The summed E-state index contributed by atoms with van der Waals surface area (Å²) in [6.07, 6.45) is 0.363. The zero-order chi connectivity index (χ0) is 20.3. The Kier molecular flexibility index (Phi) is 5.90. The first-order valence-electron chi connectivity index (χ1n) is 9.04. The summed E-state index contributed by atoms with van der Waals surface area (Å²) in [4.78, 5) is 12.9. The molecule has 150 valence electrons. The fourth-order valence-electron chi connectivity index (χ4n) is 2.86. The Morgan fingerprint density at radius 3 is 2.43 bits per heavy atom. The van der Waals surface area contributed by atoms with Crippen LogP contribution in [0.4, 0.5) is 5.69 Å². The fourth-order valence-corrected chi connectivity index (χ4v) is 4.06. The van der Waals surface area contributed by atoms with Crippen molar-refractivity contribution in [2.24, 2.45) is 5.92 Å². The number of anilines is 1. The molecule has 2 aromatic rings. The van der Waals surface area contributed by atoms with Crippen LogP contribution in [-0.4, -0.2) is 27.2 Å². The van der Waals surface area contributed by atoms with Crippen LogP contribution in [0.25, 0.3) is 0 Å². The number of nitrogens with one attached hydrogen (secondary N) is 2. The van der Waals surface area contributed by atoms with E-state index in [0.717, 1.165) is 5.56 Å².